The summed E-state index contributed by atoms with van der Waals surface area (Å²) < 4.78 is 0. The van der Waals surface area contributed by atoms with Crippen molar-refractivity contribution in [2.75, 3.05) is 11.9 Å². The Kier molecular flexibility index (Phi) is 3.37. The lowest BCUT2D eigenvalue weighted by molar-refractivity contribution is 0.806. The summed E-state index contributed by atoms with van der Waals surface area (Å²) in [7, 11) is 0. The Morgan fingerprint density at radius 1 is 1.13 bits per heavy atom. The predicted molar refractivity (Wildman–Crippen MR) is 66.2 cm³/mol. The summed E-state index contributed by atoms with van der Waals surface area (Å²) >= 11 is 1.73. The Hall–Kier alpha value is -1.32. The van der Waals surface area contributed by atoms with Gasteiger partial charge in [0, 0.05) is 17.1 Å². The third-order valence-electron chi connectivity index (χ3n) is 2.24. The molecule has 3 N–H and O–H groups in total. The van der Waals surface area contributed by atoms with Gasteiger partial charge < -0.3 is 11.1 Å². The van der Waals surface area contributed by atoms with Crippen molar-refractivity contribution in [1.29, 1.82) is 0 Å². The van der Waals surface area contributed by atoms with Gasteiger partial charge in [0.2, 0.25) is 0 Å². The van der Waals surface area contributed by atoms with E-state index in [9.17, 15) is 0 Å². The first-order chi connectivity index (χ1) is 7.40. The van der Waals surface area contributed by atoms with Gasteiger partial charge in [-0.3, -0.25) is 0 Å². The van der Waals surface area contributed by atoms with Crippen LogP contribution < -0.4 is 11.1 Å². The van der Waals surface area contributed by atoms with Gasteiger partial charge in [-0.2, -0.15) is 0 Å². The maximum absolute atomic E-state index is 5.76. The zero-order chi connectivity index (χ0) is 10.5. The lowest BCUT2D eigenvalue weighted by Gasteiger charge is -2.16. The van der Waals surface area contributed by atoms with Crippen LogP contribution in [0.25, 0.3) is 0 Å². The first-order valence-electron chi connectivity index (χ1n) is 4.95. The number of nitrogens with one attached hydrogen (secondary N) is 1. The van der Waals surface area contributed by atoms with Crippen molar-refractivity contribution in [3.8, 4) is 0 Å². The van der Waals surface area contributed by atoms with Crippen molar-refractivity contribution < 1.29 is 0 Å². The van der Waals surface area contributed by atoms with Crippen molar-refractivity contribution in [2.24, 2.45) is 5.73 Å². The molecule has 15 heavy (non-hydrogen) atoms. The van der Waals surface area contributed by atoms with Gasteiger partial charge in [0.1, 0.15) is 0 Å². The number of rotatable bonds is 4. The van der Waals surface area contributed by atoms with Crippen molar-refractivity contribution >= 4 is 17.0 Å². The molecule has 0 aliphatic heterocycles. The second-order valence-corrected chi connectivity index (χ2v) is 4.29. The van der Waals surface area contributed by atoms with Crippen LogP contribution in [0.1, 0.15) is 10.9 Å². The van der Waals surface area contributed by atoms with Crippen LogP contribution in [0, 0.1) is 0 Å². The van der Waals surface area contributed by atoms with E-state index in [0.717, 1.165) is 5.69 Å². The number of para-hydroxylation sites is 1. The molecule has 3 heteroatoms. The quantitative estimate of drug-likeness (QED) is 0.828. The molecule has 2 aromatic rings. The lowest BCUT2D eigenvalue weighted by atomic mass is 10.2. The number of thiophene rings is 1. The van der Waals surface area contributed by atoms with E-state index < -0.39 is 0 Å². The third-order valence-corrected chi connectivity index (χ3v) is 3.22. The standard InChI is InChI=1S/C12H14N2S/c13-9-11(12-7-4-8-15-12)14-10-5-2-1-3-6-10/h1-8,11,14H,9,13H2. The monoisotopic (exact) mass is 218 g/mol. The maximum atomic E-state index is 5.76. The van der Waals surface area contributed by atoms with Crippen molar-refractivity contribution in [3.63, 3.8) is 0 Å². The highest BCUT2D eigenvalue weighted by atomic mass is 32.1. The van der Waals surface area contributed by atoms with Gasteiger partial charge in [0.15, 0.2) is 0 Å². The van der Waals surface area contributed by atoms with Crippen LogP contribution >= 0.6 is 11.3 Å². The molecule has 0 radical (unpaired) electrons. The number of nitrogens with two attached hydrogens (primary N) is 1. The molecular weight excluding hydrogens is 204 g/mol. The van der Waals surface area contributed by atoms with E-state index in [-0.39, 0.29) is 6.04 Å². The van der Waals surface area contributed by atoms with E-state index in [4.69, 9.17) is 5.73 Å². The molecule has 0 saturated heterocycles. The van der Waals surface area contributed by atoms with Crippen molar-refractivity contribution in [1.82, 2.24) is 0 Å². The van der Waals surface area contributed by atoms with Gasteiger partial charge in [0.05, 0.1) is 6.04 Å². The van der Waals surface area contributed by atoms with Crippen LogP contribution in [0.4, 0.5) is 5.69 Å². The molecule has 2 nitrogen and oxygen atoms in total. The van der Waals surface area contributed by atoms with Gasteiger partial charge in [-0.1, -0.05) is 24.3 Å². The molecule has 0 spiro atoms. The van der Waals surface area contributed by atoms with Gasteiger partial charge >= 0.3 is 0 Å². The Morgan fingerprint density at radius 3 is 2.53 bits per heavy atom. The van der Waals surface area contributed by atoms with Crippen LogP contribution in [0.2, 0.25) is 0 Å². The molecule has 1 atom stereocenters. The Balaban J connectivity index is 2.10. The predicted octanol–water partition coefficient (Wildman–Crippen LogP) is 2.86. The van der Waals surface area contributed by atoms with Gasteiger partial charge in [-0.05, 0) is 23.6 Å². The Morgan fingerprint density at radius 2 is 1.93 bits per heavy atom. The molecule has 0 aliphatic carbocycles. The van der Waals surface area contributed by atoms with Crippen LogP contribution in [-0.2, 0) is 0 Å². The van der Waals surface area contributed by atoms with E-state index in [1.165, 1.54) is 4.88 Å². The van der Waals surface area contributed by atoms with Crippen LogP contribution in [0.3, 0.4) is 0 Å². The van der Waals surface area contributed by atoms with Crippen molar-refractivity contribution in [3.05, 3.63) is 52.7 Å². The normalized spacial score (nSPS) is 12.3. The summed E-state index contributed by atoms with van der Waals surface area (Å²) in [4.78, 5) is 1.28. The fourth-order valence-electron chi connectivity index (χ4n) is 1.47. The van der Waals surface area contributed by atoms with E-state index in [2.05, 4.69) is 35.0 Å². The number of hydrogen-bond acceptors (Lipinski definition) is 3. The van der Waals surface area contributed by atoms with E-state index in [0.29, 0.717) is 6.54 Å². The molecular formula is C12H14N2S. The molecule has 1 unspecified atom stereocenters. The van der Waals surface area contributed by atoms with E-state index >= 15 is 0 Å². The average molecular weight is 218 g/mol. The van der Waals surface area contributed by atoms with Crippen molar-refractivity contribution in [2.45, 2.75) is 6.04 Å². The zero-order valence-corrected chi connectivity index (χ0v) is 9.21. The molecule has 0 aliphatic rings. The molecule has 1 aromatic carbocycles. The topological polar surface area (TPSA) is 38.0 Å². The minimum Gasteiger partial charge on any atom is -0.376 e. The highest BCUT2D eigenvalue weighted by Crippen LogP contribution is 2.22. The molecule has 0 amide bonds. The molecule has 1 aromatic heterocycles. The Bertz CT molecular complexity index is 383. The molecule has 78 valence electrons. The molecule has 0 bridgehead atoms. The van der Waals surface area contributed by atoms with E-state index in [1.807, 2.05) is 18.2 Å². The molecule has 0 saturated carbocycles. The number of hydrogen-bond donors (Lipinski definition) is 2. The summed E-state index contributed by atoms with van der Waals surface area (Å²) in [6.07, 6.45) is 0. The molecule has 0 fully saturated rings. The van der Waals surface area contributed by atoms with E-state index in [1.54, 1.807) is 11.3 Å². The first kappa shape index (κ1) is 10.2. The highest BCUT2D eigenvalue weighted by molar-refractivity contribution is 7.10. The van der Waals surface area contributed by atoms with Gasteiger partial charge in [0.25, 0.3) is 0 Å². The second-order valence-electron chi connectivity index (χ2n) is 3.31. The lowest BCUT2D eigenvalue weighted by Crippen LogP contribution is -2.19. The second kappa shape index (κ2) is 4.96. The summed E-state index contributed by atoms with van der Waals surface area (Å²) in [5.74, 6) is 0. The molecule has 1 heterocycles. The highest BCUT2D eigenvalue weighted by Gasteiger charge is 2.09. The average Bonchev–Trinajstić information content (AvgIpc) is 2.81. The number of anilines is 1. The SMILES string of the molecule is NCC(Nc1ccccc1)c1cccs1. The van der Waals surface area contributed by atoms with Gasteiger partial charge in [-0.15, -0.1) is 11.3 Å². The summed E-state index contributed by atoms with van der Waals surface area (Å²) in [5, 5.41) is 5.49. The minimum atomic E-state index is 0.215. The number of benzene rings is 1. The zero-order valence-electron chi connectivity index (χ0n) is 8.39. The maximum Gasteiger partial charge on any atom is 0.0728 e. The van der Waals surface area contributed by atoms with Crippen LogP contribution in [0.5, 0.6) is 0 Å². The fraction of sp³-hybridized carbons (Fsp3) is 0.167. The van der Waals surface area contributed by atoms with Crippen LogP contribution in [0.15, 0.2) is 47.8 Å². The summed E-state index contributed by atoms with van der Waals surface area (Å²) in [6.45, 7) is 0.607. The fourth-order valence-corrected chi connectivity index (χ4v) is 2.26. The minimum absolute atomic E-state index is 0.215. The smallest absolute Gasteiger partial charge is 0.0728 e. The first-order valence-corrected chi connectivity index (χ1v) is 5.83. The third kappa shape index (κ3) is 2.58. The Labute approximate surface area is 93.7 Å². The van der Waals surface area contributed by atoms with Crippen LogP contribution in [-0.4, -0.2) is 6.54 Å². The summed E-state index contributed by atoms with van der Waals surface area (Å²) in [6, 6.07) is 14.5. The van der Waals surface area contributed by atoms with Gasteiger partial charge in [-0.25, -0.2) is 0 Å². The summed E-state index contributed by atoms with van der Waals surface area (Å²) in [5.41, 5.74) is 6.87. The largest absolute Gasteiger partial charge is 0.376 e. The molecule has 2 rings (SSSR count).